The Kier molecular flexibility index (Phi) is 46.9. The van der Waals surface area contributed by atoms with Crippen LogP contribution in [0, 0.1) is 0 Å². The first-order chi connectivity index (χ1) is 30.0. The fourth-order valence-electron chi connectivity index (χ4n) is 7.06. The smallest absolute Gasteiger partial charge is 0.306 e. The second kappa shape index (κ2) is 49.5. The number of rotatable bonds is 45. The van der Waals surface area contributed by atoms with Crippen LogP contribution in [0.2, 0.25) is 0 Å². The van der Waals surface area contributed by atoms with Crippen LogP contribution in [-0.4, -0.2) is 37.2 Å². The zero-order valence-electron chi connectivity index (χ0n) is 39.9. The molecule has 1 atom stereocenters. The molecule has 0 fully saturated rings. The van der Waals surface area contributed by atoms with Crippen LogP contribution in [0.4, 0.5) is 0 Å². The van der Waals surface area contributed by atoms with Gasteiger partial charge in [0.15, 0.2) is 6.10 Å². The summed E-state index contributed by atoms with van der Waals surface area (Å²) in [6.07, 6.45) is 61.6. The van der Waals surface area contributed by atoms with E-state index in [9.17, 15) is 14.4 Å². The van der Waals surface area contributed by atoms with Crippen molar-refractivity contribution in [2.45, 2.75) is 245 Å². The van der Waals surface area contributed by atoms with Crippen LogP contribution < -0.4 is 0 Å². The minimum absolute atomic E-state index is 0.0869. The van der Waals surface area contributed by atoms with Gasteiger partial charge in [0.1, 0.15) is 13.2 Å². The summed E-state index contributed by atoms with van der Waals surface area (Å²) in [5.41, 5.74) is 0. The molecule has 0 aromatic heterocycles. The molecule has 6 nitrogen and oxygen atoms in total. The normalized spacial score (nSPS) is 12.6. The summed E-state index contributed by atoms with van der Waals surface area (Å²) >= 11 is 0. The van der Waals surface area contributed by atoms with Gasteiger partial charge in [0.25, 0.3) is 0 Å². The molecule has 350 valence electrons. The van der Waals surface area contributed by atoms with Crippen LogP contribution in [0.3, 0.4) is 0 Å². The molecule has 0 aromatic carbocycles. The molecule has 0 aliphatic carbocycles. The summed E-state index contributed by atoms with van der Waals surface area (Å²) in [7, 11) is 0. The van der Waals surface area contributed by atoms with Gasteiger partial charge >= 0.3 is 17.9 Å². The molecule has 0 radical (unpaired) electrons. The number of carbonyl (C=O) groups excluding carboxylic acids is 3. The van der Waals surface area contributed by atoms with Gasteiger partial charge in [-0.1, -0.05) is 254 Å². The topological polar surface area (TPSA) is 78.9 Å². The van der Waals surface area contributed by atoms with Gasteiger partial charge in [-0.05, 0) is 38.5 Å². The Balaban J connectivity index is 4.46. The third kappa shape index (κ3) is 47.7. The second-order valence-corrected chi connectivity index (χ2v) is 16.9. The molecular weight excluding hydrogens is 757 g/mol. The van der Waals surface area contributed by atoms with Crippen LogP contribution in [0.25, 0.3) is 0 Å². The Bertz CT molecular complexity index is 1160. The molecule has 1 unspecified atom stereocenters. The highest BCUT2D eigenvalue weighted by Crippen LogP contribution is 2.15. The van der Waals surface area contributed by atoms with Crippen LogP contribution in [0.5, 0.6) is 0 Å². The van der Waals surface area contributed by atoms with Crippen LogP contribution in [0.1, 0.15) is 239 Å². The van der Waals surface area contributed by atoms with Gasteiger partial charge in [0.05, 0.1) is 0 Å². The Labute approximate surface area is 376 Å². The van der Waals surface area contributed by atoms with E-state index < -0.39 is 6.10 Å². The average Bonchev–Trinajstić information content (AvgIpc) is 3.26. The van der Waals surface area contributed by atoms with E-state index in [1.54, 1.807) is 0 Å². The average molecular weight is 851 g/mol. The summed E-state index contributed by atoms with van der Waals surface area (Å²) in [4.78, 5) is 37.9. The first-order valence-corrected chi connectivity index (χ1v) is 25.5. The Morgan fingerprint density at radius 3 is 1.00 bits per heavy atom. The molecular formula is C55H94O6. The quantitative estimate of drug-likeness (QED) is 0.0263. The van der Waals surface area contributed by atoms with E-state index in [0.29, 0.717) is 19.3 Å². The van der Waals surface area contributed by atoms with Gasteiger partial charge in [-0.2, -0.15) is 0 Å². The van der Waals surface area contributed by atoms with Gasteiger partial charge in [0.2, 0.25) is 0 Å². The summed E-state index contributed by atoms with van der Waals surface area (Å²) in [6, 6.07) is 0. The van der Waals surface area contributed by atoms with Crippen molar-refractivity contribution >= 4 is 17.9 Å². The maximum atomic E-state index is 12.8. The van der Waals surface area contributed by atoms with E-state index in [0.717, 1.165) is 70.6 Å². The highest BCUT2D eigenvalue weighted by Gasteiger charge is 2.19. The van der Waals surface area contributed by atoms with E-state index in [1.807, 2.05) is 60.8 Å². The highest BCUT2D eigenvalue weighted by molar-refractivity contribution is 5.71. The lowest BCUT2D eigenvalue weighted by Gasteiger charge is -2.18. The number of carbonyl (C=O) groups is 3. The highest BCUT2D eigenvalue weighted by atomic mass is 16.6. The molecule has 0 spiro atoms. The van der Waals surface area contributed by atoms with Crippen molar-refractivity contribution in [1.82, 2.24) is 0 Å². The molecule has 0 aliphatic rings. The maximum absolute atomic E-state index is 12.8. The Morgan fingerprint density at radius 2 is 0.639 bits per heavy atom. The molecule has 0 aromatic rings. The molecule has 0 bridgehead atoms. The number of allylic oxidation sites excluding steroid dienone is 12. The van der Waals surface area contributed by atoms with Crippen LogP contribution >= 0.6 is 0 Å². The van der Waals surface area contributed by atoms with E-state index in [1.165, 1.54) is 128 Å². The number of hydrogen-bond acceptors (Lipinski definition) is 6. The summed E-state index contributed by atoms with van der Waals surface area (Å²) in [5, 5.41) is 0. The molecule has 0 heterocycles. The van der Waals surface area contributed by atoms with E-state index in [2.05, 4.69) is 32.9 Å². The third-order valence-electron chi connectivity index (χ3n) is 10.9. The molecule has 0 saturated heterocycles. The first-order valence-electron chi connectivity index (χ1n) is 25.5. The van der Waals surface area contributed by atoms with Gasteiger partial charge in [-0.15, -0.1) is 0 Å². The number of ether oxygens (including phenoxy) is 3. The zero-order valence-corrected chi connectivity index (χ0v) is 39.9. The van der Waals surface area contributed by atoms with Crippen molar-refractivity contribution in [2.24, 2.45) is 0 Å². The van der Waals surface area contributed by atoms with Gasteiger partial charge in [-0.3, -0.25) is 14.4 Å². The largest absolute Gasteiger partial charge is 0.462 e. The van der Waals surface area contributed by atoms with Crippen molar-refractivity contribution in [1.29, 1.82) is 0 Å². The minimum atomic E-state index is -0.789. The van der Waals surface area contributed by atoms with Crippen molar-refractivity contribution < 1.29 is 28.6 Å². The fourth-order valence-corrected chi connectivity index (χ4v) is 7.06. The Morgan fingerprint density at radius 1 is 0.344 bits per heavy atom. The van der Waals surface area contributed by atoms with Crippen molar-refractivity contribution in [3.8, 4) is 0 Å². The lowest BCUT2D eigenvalue weighted by Crippen LogP contribution is -2.30. The molecule has 6 heteroatoms. The standard InChI is InChI=1S/C55H94O6/c1-4-7-10-13-16-19-22-25-27-28-29-31-33-36-39-42-45-48-54(57)60-51-52(50-59-53(56)47-44-41-38-35-32-24-21-18-15-12-9-6-3)61-55(58)49-46-43-40-37-34-30-26-23-20-17-14-11-8-5-2/h7,10,13,16,19,22,25,27-29,31,33,52H,4-6,8-9,11-12,14-15,17-18,20-21,23-24,26,30,32,34-51H2,1-3H3/b10-7-,16-13-,22-19-,27-25-,29-28+,33-31-. The second-order valence-electron chi connectivity index (χ2n) is 16.9. The van der Waals surface area contributed by atoms with Gasteiger partial charge in [0, 0.05) is 19.3 Å². The number of hydrogen-bond donors (Lipinski definition) is 0. The van der Waals surface area contributed by atoms with Crippen LogP contribution in [0.15, 0.2) is 72.9 Å². The lowest BCUT2D eigenvalue weighted by molar-refractivity contribution is -0.167. The zero-order chi connectivity index (χ0) is 44.4. The number of esters is 3. The molecule has 61 heavy (non-hydrogen) atoms. The van der Waals surface area contributed by atoms with Gasteiger partial charge in [-0.25, -0.2) is 0 Å². The predicted molar refractivity (Wildman–Crippen MR) is 261 cm³/mol. The predicted octanol–water partition coefficient (Wildman–Crippen LogP) is 16.6. The van der Waals surface area contributed by atoms with E-state index in [4.69, 9.17) is 14.2 Å². The van der Waals surface area contributed by atoms with Crippen molar-refractivity contribution in [3.05, 3.63) is 72.9 Å². The maximum Gasteiger partial charge on any atom is 0.306 e. The molecule has 0 aliphatic heterocycles. The van der Waals surface area contributed by atoms with Crippen molar-refractivity contribution in [3.63, 3.8) is 0 Å². The molecule has 0 rings (SSSR count). The summed E-state index contributed by atoms with van der Waals surface area (Å²) < 4.78 is 16.8. The van der Waals surface area contributed by atoms with Crippen molar-refractivity contribution in [2.75, 3.05) is 13.2 Å². The summed E-state index contributed by atoms with van der Waals surface area (Å²) in [5.74, 6) is -0.928. The molecule has 0 saturated carbocycles. The number of unbranched alkanes of at least 4 members (excludes halogenated alkanes) is 27. The first kappa shape index (κ1) is 57.9. The molecule has 0 amide bonds. The monoisotopic (exact) mass is 851 g/mol. The third-order valence-corrected chi connectivity index (χ3v) is 10.9. The Hall–Kier alpha value is -3.15. The summed E-state index contributed by atoms with van der Waals surface area (Å²) in [6.45, 7) is 6.46. The van der Waals surface area contributed by atoms with E-state index >= 15 is 0 Å². The lowest BCUT2D eigenvalue weighted by atomic mass is 10.0. The fraction of sp³-hybridized carbons (Fsp3) is 0.727. The van der Waals surface area contributed by atoms with Gasteiger partial charge < -0.3 is 14.2 Å². The van der Waals surface area contributed by atoms with Crippen LogP contribution in [-0.2, 0) is 28.6 Å². The van der Waals surface area contributed by atoms with E-state index in [-0.39, 0.29) is 31.1 Å². The minimum Gasteiger partial charge on any atom is -0.462 e. The molecule has 0 N–H and O–H groups in total. The SMILES string of the molecule is CC\C=C/C=C\C=C/C=C\C=C\C=C/CCCCCC(=O)OCC(COC(=O)CCCCCCCCCCCCCC)OC(=O)CCCCCCCCCCCCCCCC.